The molecule has 1 amide bonds. The Balaban J connectivity index is 1.50. The van der Waals surface area contributed by atoms with Crippen LogP contribution in [0.2, 0.25) is 0 Å². The molecular weight excluding hydrogens is 328 g/mol. The van der Waals surface area contributed by atoms with E-state index in [1.165, 1.54) is 6.08 Å². The lowest BCUT2D eigenvalue weighted by molar-refractivity contribution is -0.111. The second-order valence-corrected chi connectivity index (χ2v) is 6.11. The Morgan fingerprint density at radius 2 is 2.23 bits per heavy atom. The second kappa shape index (κ2) is 6.84. The molecule has 0 saturated heterocycles. The molecule has 1 aliphatic heterocycles. The molecule has 3 heterocycles. The zero-order valence-electron chi connectivity index (χ0n) is 14.3. The van der Waals surface area contributed by atoms with Crippen LogP contribution in [0.3, 0.4) is 0 Å². The highest BCUT2D eigenvalue weighted by atomic mass is 16.5. The summed E-state index contributed by atoms with van der Waals surface area (Å²) >= 11 is 0. The first-order chi connectivity index (χ1) is 12.7. The van der Waals surface area contributed by atoms with Crippen LogP contribution in [0.15, 0.2) is 55.1 Å². The van der Waals surface area contributed by atoms with Gasteiger partial charge < -0.3 is 10.1 Å². The van der Waals surface area contributed by atoms with Crippen LogP contribution in [0.4, 0.5) is 5.69 Å². The molecule has 1 N–H and O–H groups in total. The van der Waals surface area contributed by atoms with Crippen molar-refractivity contribution in [3.63, 3.8) is 0 Å². The van der Waals surface area contributed by atoms with Crippen LogP contribution >= 0.6 is 0 Å². The van der Waals surface area contributed by atoms with Crippen LogP contribution in [0.25, 0.3) is 17.2 Å². The van der Waals surface area contributed by atoms with Crippen molar-refractivity contribution in [2.45, 2.75) is 6.42 Å². The van der Waals surface area contributed by atoms with Crippen molar-refractivity contribution in [3.05, 3.63) is 66.3 Å². The number of hydrogen-bond donors (Lipinski definition) is 1. The summed E-state index contributed by atoms with van der Waals surface area (Å²) in [5.74, 6) is 0.708. The molecule has 6 nitrogen and oxygen atoms in total. The predicted octanol–water partition coefficient (Wildman–Crippen LogP) is 3.07. The SMILES string of the molecule is Cn1cc(-c2ccncc2/C=C/C(=O)Nc2ccc3c(c2)CCO3)cn1. The van der Waals surface area contributed by atoms with Gasteiger partial charge in [0.25, 0.3) is 0 Å². The van der Waals surface area contributed by atoms with Crippen molar-refractivity contribution in [3.8, 4) is 16.9 Å². The molecule has 26 heavy (non-hydrogen) atoms. The van der Waals surface area contributed by atoms with Gasteiger partial charge in [0.15, 0.2) is 0 Å². The highest BCUT2D eigenvalue weighted by Gasteiger charge is 2.12. The average molecular weight is 346 g/mol. The zero-order valence-corrected chi connectivity index (χ0v) is 14.3. The Morgan fingerprint density at radius 3 is 3.08 bits per heavy atom. The second-order valence-electron chi connectivity index (χ2n) is 6.11. The largest absolute Gasteiger partial charge is 0.493 e. The van der Waals surface area contributed by atoms with E-state index >= 15 is 0 Å². The van der Waals surface area contributed by atoms with Gasteiger partial charge in [-0.3, -0.25) is 14.5 Å². The minimum Gasteiger partial charge on any atom is -0.493 e. The van der Waals surface area contributed by atoms with Crippen molar-refractivity contribution >= 4 is 17.7 Å². The standard InChI is InChI=1S/C20H18N4O2/c1-24-13-16(12-22-24)18-6-8-21-11-15(18)2-5-20(25)23-17-3-4-19-14(10-17)7-9-26-19/h2-6,8,10-13H,7,9H2,1H3,(H,23,25)/b5-2+. The van der Waals surface area contributed by atoms with Crippen molar-refractivity contribution < 1.29 is 9.53 Å². The van der Waals surface area contributed by atoms with Crippen molar-refractivity contribution in [1.82, 2.24) is 14.8 Å². The summed E-state index contributed by atoms with van der Waals surface area (Å²) in [5, 5.41) is 7.08. The number of benzene rings is 1. The smallest absolute Gasteiger partial charge is 0.248 e. The molecular formula is C20H18N4O2. The van der Waals surface area contributed by atoms with Gasteiger partial charge in [-0.25, -0.2) is 0 Å². The Labute approximate surface area is 151 Å². The Hall–Kier alpha value is -3.41. The Kier molecular flexibility index (Phi) is 4.23. The van der Waals surface area contributed by atoms with E-state index in [1.54, 1.807) is 29.3 Å². The third kappa shape index (κ3) is 3.35. The van der Waals surface area contributed by atoms with Gasteiger partial charge >= 0.3 is 0 Å². The molecule has 0 unspecified atom stereocenters. The summed E-state index contributed by atoms with van der Waals surface area (Å²) in [6.45, 7) is 0.699. The fourth-order valence-electron chi connectivity index (χ4n) is 2.98. The van der Waals surface area contributed by atoms with Gasteiger partial charge in [0.2, 0.25) is 5.91 Å². The van der Waals surface area contributed by atoms with Crippen molar-refractivity contribution in [2.24, 2.45) is 7.05 Å². The normalized spacial score (nSPS) is 12.8. The molecule has 130 valence electrons. The van der Waals surface area contributed by atoms with E-state index in [0.29, 0.717) is 6.61 Å². The van der Waals surface area contributed by atoms with Crippen molar-refractivity contribution in [1.29, 1.82) is 0 Å². The number of aryl methyl sites for hydroxylation is 1. The number of anilines is 1. The van der Waals surface area contributed by atoms with E-state index in [4.69, 9.17) is 4.74 Å². The van der Waals surface area contributed by atoms with Crippen LogP contribution < -0.4 is 10.1 Å². The maximum atomic E-state index is 12.3. The summed E-state index contributed by atoms with van der Waals surface area (Å²) in [4.78, 5) is 16.4. The molecule has 0 atom stereocenters. The van der Waals surface area contributed by atoms with Gasteiger partial charge in [-0.15, -0.1) is 0 Å². The molecule has 0 radical (unpaired) electrons. The van der Waals surface area contributed by atoms with Crippen LogP contribution in [-0.2, 0) is 18.3 Å². The summed E-state index contributed by atoms with van der Waals surface area (Å²) < 4.78 is 7.22. The van der Waals surface area contributed by atoms with Crippen LogP contribution in [0, 0.1) is 0 Å². The number of carbonyl (C=O) groups is 1. The minimum absolute atomic E-state index is 0.190. The van der Waals surface area contributed by atoms with E-state index in [9.17, 15) is 4.79 Å². The molecule has 3 aromatic rings. The number of nitrogens with zero attached hydrogens (tertiary/aromatic N) is 3. The number of amides is 1. The van der Waals surface area contributed by atoms with Gasteiger partial charge in [-0.05, 0) is 41.5 Å². The predicted molar refractivity (Wildman–Crippen MR) is 99.7 cm³/mol. The van der Waals surface area contributed by atoms with Gasteiger partial charge in [0.05, 0.1) is 12.8 Å². The molecule has 0 saturated carbocycles. The van der Waals surface area contributed by atoms with Crippen molar-refractivity contribution in [2.75, 3.05) is 11.9 Å². The molecule has 0 fully saturated rings. The molecule has 0 aliphatic carbocycles. The minimum atomic E-state index is -0.190. The average Bonchev–Trinajstić information content (AvgIpc) is 3.28. The Bertz CT molecular complexity index is 991. The van der Waals surface area contributed by atoms with Crippen LogP contribution in [0.1, 0.15) is 11.1 Å². The monoisotopic (exact) mass is 346 g/mol. The third-order valence-corrected chi connectivity index (χ3v) is 4.24. The van der Waals surface area contributed by atoms with Gasteiger partial charge in [0, 0.05) is 54.9 Å². The maximum Gasteiger partial charge on any atom is 0.248 e. The summed E-state index contributed by atoms with van der Waals surface area (Å²) in [6.07, 6.45) is 11.3. The summed E-state index contributed by atoms with van der Waals surface area (Å²) in [6, 6.07) is 7.61. The molecule has 1 aliphatic rings. The fraction of sp³-hybridized carbons (Fsp3) is 0.150. The molecule has 4 rings (SSSR count). The Morgan fingerprint density at radius 1 is 1.31 bits per heavy atom. The lowest BCUT2D eigenvalue weighted by Gasteiger charge is -2.05. The number of fused-ring (bicyclic) bond motifs is 1. The molecule has 6 heteroatoms. The lowest BCUT2D eigenvalue weighted by atomic mass is 10.0. The first-order valence-electron chi connectivity index (χ1n) is 8.37. The highest BCUT2D eigenvalue weighted by molar-refractivity contribution is 6.02. The lowest BCUT2D eigenvalue weighted by Crippen LogP contribution is -2.07. The molecule has 0 spiro atoms. The van der Waals surface area contributed by atoms with Crippen LogP contribution in [0.5, 0.6) is 5.75 Å². The third-order valence-electron chi connectivity index (χ3n) is 4.24. The number of carbonyl (C=O) groups excluding carboxylic acids is 1. The number of aromatic nitrogens is 3. The van der Waals surface area contributed by atoms with Crippen LogP contribution in [-0.4, -0.2) is 27.3 Å². The van der Waals surface area contributed by atoms with Gasteiger partial charge in [-0.2, -0.15) is 5.10 Å². The quantitative estimate of drug-likeness (QED) is 0.737. The van der Waals surface area contributed by atoms with Gasteiger partial charge in [0.1, 0.15) is 5.75 Å². The first kappa shape index (κ1) is 16.1. The molecule has 0 bridgehead atoms. The van der Waals surface area contributed by atoms with E-state index in [0.717, 1.165) is 40.1 Å². The maximum absolute atomic E-state index is 12.3. The van der Waals surface area contributed by atoms with E-state index in [1.807, 2.05) is 37.5 Å². The number of rotatable bonds is 4. The summed E-state index contributed by atoms with van der Waals surface area (Å²) in [7, 11) is 1.87. The van der Waals surface area contributed by atoms with Gasteiger partial charge in [-0.1, -0.05) is 0 Å². The number of hydrogen-bond acceptors (Lipinski definition) is 4. The van der Waals surface area contributed by atoms with E-state index in [2.05, 4.69) is 15.4 Å². The van der Waals surface area contributed by atoms with E-state index < -0.39 is 0 Å². The fourth-order valence-corrected chi connectivity index (χ4v) is 2.98. The number of nitrogens with one attached hydrogen (secondary N) is 1. The highest BCUT2D eigenvalue weighted by Crippen LogP contribution is 2.28. The molecule has 2 aromatic heterocycles. The van der Waals surface area contributed by atoms with E-state index in [-0.39, 0.29) is 5.91 Å². The number of pyridine rings is 1. The topological polar surface area (TPSA) is 69.0 Å². The number of ether oxygens (including phenoxy) is 1. The first-order valence-corrected chi connectivity index (χ1v) is 8.37. The molecule has 1 aromatic carbocycles. The zero-order chi connectivity index (χ0) is 17.9. The summed E-state index contributed by atoms with van der Waals surface area (Å²) in [5.41, 5.74) is 4.71.